The molecule has 0 saturated carbocycles. The van der Waals surface area contributed by atoms with Gasteiger partial charge in [-0.05, 0) is 73.9 Å². The van der Waals surface area contributed by atoms with E-state index in [0.717, 1.165) is 26.8 Å². The van der Waals surface area contributed by atoms with E-state index in [1.54, 1.807) is 4.90 Å². The van der Waals surface area contributed by atoms with Crippen LogP contribution in [-0.4, -0.2) is 33.1 Å². The second-order valence-corrected chi connectivity index (χ2v) is 8.52. The van der Waals surface area contributed by atoms with E-state index in [9.17, 15) is 4.79 Å². The van der Waals surface area contributed by atoms with Gasteiger partial charge in [-0.15, -0.1) is 0 Å². The zero-order valence-corrected chi connectivity index (χ0v) is 16.0. The summed E-state index contributed by atoms with van der Waals surface area (Å²) in [5.74, 6) is 1.28. The number of carbonyl (C=O) groups excluding carboxylic acids is 1. The molecule has 1 aromatic carbocycles. The molecule has 1 aromatic heterocycles. The summed E-state index contributed by atoms with van der Waals surface area (Å²) in [5.41, 5.74) is 1.46. The largest absolute Gasteiger partial charge is 0.444 e. The van der Waals surface area contributed by atoms with Gasteiger partial charge in [0, 0.05) is 10.1 Å². The summed E-state index contributed by atoms with van der Waals surface area (Å²) in [7, 11) is 0. The van der Waals surface area contributed by atoms with Crippen molar-refractivity contribution in [2.75, 3.05) is 6.54 Å². The van der Waals surface area contributed by atoms with Gasteiger partial charge in [-0.25, -0.2) is 9.78 Å². The van der Waals surface area contributed by atoms with Gasteiger partial charge in [0.2, 0.25) is 0 Å². The molecular weight excluding hydrogens is 405 g/mol. The molecule has 0 aliphatic carbocycles. The molecule has 23 heavy (non-hydrogen) atoms. The summed E-state index contributed by atoms with van der Waals surface area (Å²) in [4.78, 5) is 22.4. The van der Waals surface area contributed by atoms with Gasteiger partial charge in [0.1, 0.15) is 11.4 Å². The number of likely N-dealkylation sites (tertiary alicyclic amines) is 1. The quantitative estimate of drug-likeness (QED) is 0.683. The summed E-state index contributed by atoms with van der Waals surface area (Å²) in [6.45, 7) is 8.53. The molecule has 3 rings (SSSR count). The topological polar surface area (TPSA) is 58.2 Å². The minimum absolute atomic E-state index is 0.0510. The van der Waals surface area contributed by atoms with E-state index in [2.05, 4.69) is 34.5 Å². The first-order chi connectivity index (χ1) is 10.7. The molecule has 0 radical (unpaired) electrons. The number of halogens is 1. The minimum atomic E-state index is -0.489. The molecule has 0 spiro atoms. The molecule has 1 amide bonds. The SMILES string of the molecule is C[C@@H]1C[C@@H](c2nc3cc(I)ccc3[nH]2)N(C(=O)OC(C)(C)C)C1. The molecule has 1 saturated heterocycles. The molecule has 1 N–H and O–H groups in total. The van der Waals surface area contributed by atoms with Crippen molar-refractivity contribution in [3.05, 3.63) is 27.6 Å². The van der Waals surface area contributed by atoms with Crippen LogP contribution in [0, 0.1) is 9.49 Å². The number of aromatic amines is 1. The van der Waals surface area contributed by atoms with E-state index in [0.29, 0.717) is 12.5 Å². The maximum Gasteiger partial charge on any atom is 0.410 e. The lowest BCUT2D eigenvalue weighted by atomic mass is 10.1. The Morgan fingerprint density at radius 1 is 1.43 bits per heavy atom. The van der Waals surface area contributed by atoms with E-state index in [1.807, 2.05) is 39.0 Å². The van der Waals surface area contributed by atoms with Gasteiger partial charge in [0.05, 0.1) is 17.1 Å². The van der Waals surface area contributed by atoms with Gasteiger partial charge in [-0.1, -0.05) is 6.92 Å². The highest BCUT2D eigenvalue weighted by Crippen LogP contribution is 2.35. The molecule has 6 heteroatoms. The van der Waals surface area contributed by atoms with E-state index < -0.39 is 5.60 Å². The van der Waals surface area contributed by atoms with Gasteiger partial charge in [-0.2, -0.15) is 0 Å². The number of carbonyl (C=O) groups is 1. The molecule has 5 nitrogen and oxygen atoms in total. The third-order valence-corrected chi connectivity index (χ3v) is 4.59. The monoisotopic (exact) mass is 427 g/mol. The van der Waals surface area contributed by atoms with Crippen LogP contribution in [0.2, 0.25) is 0 Å². The van der Waals surface area contributed by atoms with Gasteiger partial charge in [0.25, 0.3) is 0 Å². The summed E-state index contributed by atoms with van der Waals surface area (Å²) in [6, 6.07) is 6.08. The Labute approximate surface area is 149 Å². The van der Waals surface area contributed by atoms with Gasteiger partial charge < -0.3 is 9.72 Å². The molecule has 0 bridgehead atoms. The average molecular weight is 427 g/mol. The van der Waals surface area contributed by atoms with Crippen molar-refractivity contribution in [1.82, 2.24) is 14.9 Å². The highest BCUT2D eigenvalue weighted by molar-refractivity contribution is 14.1. The highest BCUT2D eigenvalue weighted by Gasteiger charge is 2.38. The molecule has 124 valence electrons. The van der Waals surface area contributed by atoms with Crippen LogP contribution in [0.1, 0.15) is 46.0 Å². The van der Waals surface area contributed by atoms with E-state index >= 15 is 0 Å². The lowest BCUT2D eigenvalue weighted by Gasteiger charge is -2.27. The van der Waals surface area contributed by atoms with Crippen molar-refractivity contribution >= 4 is 39.7 Å². The van der Waals surface area contributed by atoms with Crippen molar-refractivity contribution in [3.8, 4) is 0 Å². The minimum Gasteiger partial charge on any atom is -0.444 e. The summed E-state index contributed by atoms with van der Waals surface area (Å²) < 4.78 is 6.71. The number of rotatable bonds is 1. The van der Waals surface area contributed by atoms with E-state index in [1.165, 1.54) is 0 Å². The zero-order valence-electron chi connectivity index (χ0n) is 13.9. The first-order valence-electron chi connectivity index (χ1n) is 7.88. The first kappa shape index (κ1) is 16.5. The first-order valence-corrected chi connectivity index (χ1v) is 8.95. The summed E-state index contributed by atoms with van der Waals surface area (Å²) >= 11 is 2.28. The van der Waals surface area contributed by atoms with Crippen molar-refractivity contribution in [1.29, 1.82) is 0 Å². The smallest absolute Gasteiger partial charge is 0.410 e. The van der Waals surface area contributed by atoms with E-state index in [-0.39, 0.29) is 12.1 Å². The van der Waals surface area contributed by atoms with Crippen LogP contribution >= 0.6 is 22.6 Å². The second-order valence-electron chi connectivity index (χ2n) is 7.27. The van der Waals surface area contributed by atoms with Crippen LogP contribution in [0.3, 0.4) is 0 Å². The molecule has 1 fully saturated rings. The van der Waals surface area contributed by atoms with E-state index in [4.69, 9.17) is 9.72 Å². The number of nitrogens with one attached hydrogen (secondary N) is 1. The Bertz CT molecular complexity index is 735. The lowest BCUT2D eigenvalue weighted by molar-refractivity contribution is 0.0215. The maximum absolute atomic E-state index is 12.5. The number of benzene rings is 1. The molecule has 2 heterocycles. The normalized spacial score (nSPS) is 21.9. The number of H-pyrrole nitrogens is 1. The molecule has 2 aromatic rings. The Hall–Kier alpha value is -1.31. The second kappa shape index (κ2) is 5.96. The third kappa shape index (κ3) is 3.62. The van der Waals surface area contributed by atoms with Crippen molar-refractivity contribution in [2.24, 2.45) is 5.92 Å². The average Bonchev–Trinajstić information content (AvgIpc) is 2.99. The Morgan fingerprint density at radius 3 is 2.87 bits per heavy atom. The van der Waals surface area contributed by atoms with Crippen molar-refractivity contribution in [2.45, 2.75) is 45.8 Å². The number of ether oxygens (including phenoxy) is 1. The summed E-state index contributed by atoms with van der Waals surface area (Å²) in [5, 5.41) is 0. The predicted molar refractivity (Wildman–Crippen MR) is 98.3 cm³/mol. The number of imidazole rings is 1. The van der Waals surface area contributed by atoms with Crippen LogP contribution in [0.5, 0.6) is 0 Å². The van der Waals surface area contributed by atoms with Crippen LogP contribution in [0.4, 0.5) is 4.79 Å². The number of nitrogens with zero attached hydrogens (tertiary/aromatic N) is 2. The summed E-state index contributed by atoms with van der Waals surface area (Å²) in [6.07, 6.45) is 0.637. The molecular formula is C17H22IN3O2. The Kier molecular flexibility index (Phi) is 4.29. The number of fused-ring (bicyclic) bond motifs is 1. The fourth-order valence-corrected chi connectivity index (χ4v) is 3.46. The van der Waals surface area contributed by atoms with Crippen LogP contribution in [0.15, 0.2) is 18.2 Å². The molecule has 2 atom stereocenters. The fourth-order valence-electron chi connectivity index (χ4n) is 2.98. The van der Waals surface area contributed by atoms with Gasteiger partial charge in [0.15, 0.2) is 0 Å². The van der Waals surface area contributed by atoms with Crippen molar-refractivity contribution < 1.29 is 9.53 Å². The fraction of sp³-hybridized carbons (Fsp3) is 0.529. The maximum atomic E-state index is 12.5. The van der Waals surface area contributed by atoms with Crippen LogP contribution < -0.4 is 0 Å². The molecule has 1 aliphatic rings. The third-order valence-electron chi connectivity index (χ3n) is 3.92. The zero-order chi connectivity index (χ0) is 16.8. The van der Waals surface area contributed by atoms with Crippen molar-refractivity contribution in [3.63, 3.8) is 0 Å². The lowest BCUT2D eigenvalue weighted by Crippen LogP contribution is -2.37. The molecule has 0 unspecified atom stereocenters. The number of hydrogen-bond acceptors (Lipinski definition) is 3. The number of aromatic nitrogens is 2. The Balaban J connectivity index is 1.90. The standard InChI is InChI=1S/C17H22IN3O2/c1-10-7-14(21(9-10)16(22)23-17(2,3)4)15-19-12-6-5-11(18)8-13(12)20-15/h5-6,8,10,14H,7,9H2,1-4H3,(H,19,20)/t10-,14+/m1/s1. The van der Waals surface area contributed by atoms with Gasteiger partial charge in [-0.3, -0.25) is 4.90 Å². The number of hydrogen-bond donors (Lipinski definition) is 1. The number of amides is 1. The Morgan fingerprint density at radius 2 is 2.17 bits per heavy atom. The van der Waals surface area contributed by atoms with Gasteiger partial charge >= 0.3 is 6.09 Å². The molecule has 1 aliphatic heterocycles. The van der Waals surface area contributed by atoms with Crippen LogP contribution in [0.25, 0.3) is 11.0 Å². The van der Waals surface area contributed by atoms with Crippen LogP contribution in [-0.2, 0) is 4.74 Å². The highest BCUT2D eigenvalue weighted by atomic mass is 127. The predicted octanol–water partition coefficient (Wildman–Crippen LogP) is 4.49.